The molecule has 0 aliphatic heterocycles. The van der Waals surface area contributed by atoms with Crippen molar-refractivity contribution in [2.45, 2.75) is 0 Å². The molecule has 28 heavy (non-hydrogen) atoms. The lowest BCUT2D eigenvalue weighted by Gasteiger charge is -2.06. The molecule has 2 N–H and O–H groups in total. The molecule has 3 rings (SSSR count). The minimum atomic E-state index is -0.983. The number of pyridine rings is 1. The molecule has 0 saturated heterocycles. The van der Waals surface area contributed by atoms with E-state index < -0.39 is 11.9 Å². The summed E-state index contributed by atoms with van der Waals surface area (Å²) in [5, 5.41) is 12.9. The van der Waals surface area contributed by atoms with Crippen molar-refractivity contribution in [3.8, 4) is 11.1 Å². The first-order valence-corrected chi connectivity index (χ1v) is 9.00. The van der Waals surface area contributed by atoms with Crippen LogP contribution < -0.4 is 10.8 Å². The van der Waals surface area contributed by atoms with Crippen LogP contribution in [0.25, 0.3) is 11.1 Å². The third kappa shape index (κ3) is 4.54. The summed E-state index contributed by atoms with van der Waals surface area (Å²) < 4.78 is 0.677. The molecule has 0 unspecified atom stereocenters. The van der Waals surface area contributed by atoms with Crippen molar-refractivity contribution in [3.05, 3.63) is 86.9 Å². The maximum absolute atomic E-state index is 12.2. The van der Waals surface area contributed by atoms with E-state index in [-0.39, 0.29) is 21.1 Å². The first kappa shape index (κ1) is 19.9. The Morgan fingerprint density at radius 3 is 2.11 bits per heavy atom. The molecule has 1 heterocycles. The van der Waals surface area contributed by atoms with E-state index in [4.69, 9.17) is 34.8 Å². The van der Waals surface area contributed by atoms with Crippen molar-refractivity contribution < 1.29 is 14.8 Å². The highest BCUT2D eigenvalue weighted by molar-refractivity contribution is 6.40. The Morgan fingerprint density at radius 1 is 0.893 bits per heavy atom. The van der Waals surface area contributed by atoms with Crippen LogP contribution in [0.15, 0.2) is 65.8 Å². The van der Waals surface area contributed by atoms with Crippen LogP contribution in [0, 0.1) is 0 Å². The normalized spacial score (nSPS) is 11.3. The fraction of sp³-hybridized carbons (Fsp3) is 0. The highest BCUT2D eigenvalue weighted by Crippen LogP contribution is 2.24. The van der Waals surface area contributed by atoms with Crippen molar-refractivity contribution in [2.75, 3.05) is 0 Å². The Bertz CT molecular complexity index is 1110. The van der Waals surface area contributed by atoms with Gasteiger partial charge in [0.2, 0.25) is 0 Å². The van der Waals surface area contributed by atoms with Crippen molar-refractivity contribution >= 4 is 46.7 Å². The highest BCUT2D eigenvalue weighted by atomic mass is 35.5. The number of benzene rings is 2. The van der Waals surface area contributed by atoms with Crippen molar-refractivity contribution in [3.63, 3.8) is 0 Å². The zero-order valence-corrected chi connectivity index (χ0v) is 16.3. The number of nitrogens with zero attached hydrogens (tertiary/aromatic N) is 2. The largest absolute Gasteiger partial charge is 0.427 e. The zero-order chi connectivity index (χ0) is 20.3. The molecule has 0 radical (unpaired) electrons. The van der Waals surface area contributed by atoms with E-state index in [1.54, 1.807) is 36.4 Å². The number of urea groups is 1. The fourth-order valence-corrected chi connectivity index (χ4v) is 3.08. The van der Waals surface area contributed by atoms with E-state index in [1.165, 1.54) is 24.4 Å². The number of imide groups is 1. The first-order chi connectivity index (χ1) is 13.3. The molecule has 0 fully saturated rings. The predicted octanol–water partition coefficient (Wildman–Crippen LogP) is 4.80. The molecule has 3 aromatic rings. The summed E-state index contributed by atoms with van der Waals surface area (Å²) in [4.78, 5) is 27.9. The van der Waals surface area contributed by atoms with Gasteiger partial charge in [-0.25, -0.2) is 4.79 Å². The molecule has 0 aliphatic carbocycles. The molecule has 0 atom stereocenters. The van der Waals surface area contributed by atoms with Gasteiger partial charge in [0.05, 0.1) is 21.8 Å². The average Bonchev–Trinajstić information content (AvgIpc) is 2.64. The van der Waals surface area contributed by atoms with E-state index in [0.29, 0.717) is 15.3 Å². The molecule has 6 nitrogen and oxygen atoms in total. The van der Waals surface area contributed by atoms with Gasteiger partial charge >= 0.3 is 6.03 Å². The third-order valence-corrected chi connectivity index (χ3v) is 4.59. The predicted molar refractivity (Wildman–Crippen MR) is 107 cm³/mol. The lowest BCUT2D eigenvalue weighted by molar-refractivity contribution is 0.0965. The molecule has 3 amide bonds. The van der Waals surface area contributed by atoms with Gasteiger partial charge < -0.3 is 5.21 Å². The second-order valence-electron chi connectivity index (χ2n) is 5.60. The number of hydrogen-bond donors (Lipinski definition) is 2. The third-order valence-electron chi connectivity index (χ3n) is 3.71. The number of hydrogen-bond acceptors (Lipinski definition) is 3. The number of halogens is 3. The Hall–Kier alpha value is -2.80. The molecule has 142 valence electrons. The summed E-state index contributed by atoms with van der Waals surface area (Å²) in [5.74, 6) is -0.799. The second-order valence-corrected chi connectivity index (χ2v) is 6.85. The van der Waals surface area contributed by atoms with Crippen LogP contribution in [-0.4, -0.2) is 21.9 Å². The number of rotatable bonds is 2. The number of nitrogens with one attached hydrogen (secondary N) is 1. The van der Waals surface area contributed by atoms with Gasteiger partial charge in [0.15, 0.2) is 5.49 Å². The Labute approximate surface area is 174 Å². The quantitative estimate of drug-likeness (QED) is 0.566. The van der Waals surface area contributed by atoms with E-state index in [0.717, 1.165) is 5.56 Å². The molecule has 0 spiro atoms. The molecular weight excluding hydrogens is 425 g/mol. The molecule has 9 heteroatoms. The SMILES string of the molecule is O=C(N=c1ccc(-c2ccc(Cl)cc2)cn1O)NC(=O)c1c(Cl)cccc1Cl. The summed E-state index contributed by atoms with van der Waals surface area (Å²) in [6.45, 7) is 0. The van der Waals surface area contributed by atoms with Crippen LogP contribution in [0.1, 0.15) is 10.4 Å². The summed E-state index contributed by atoms with van der Waals surface area (Å²) in [5.41, 5.74) is 1.38. The minimum absolute atomic E-state index is 0.0376. The van der Waals surface area contributed by atoms with Gasteiger partial charge in [0.25, 0.3) is 5.91 Å². The molecular formula is C19H12Cl3N3O3. The van der Waals surface area contributed by atoms with Gasteiger partial charge in [0, 0.05) is 10.6 Å². The van der Waals surface area contributed by atoms with Crippen LogP contribution in [0.3, 0.4) is 0 Å². The highest BCUT2D eigenvalue weighted by Gasteiger charge is 2.16. The topological polar surface area (TPSA) is 83.7 Å². The van der Waals surface area contributed by atoms with Gasteiger partial charge in [-0.15, -0.1) is 0 Å². The summed E-state index contributed by atoms with van der Waals surface area (Å²) >= 11 is 17.7. The lowest BCUT2D eigenvalue weighted by atomic mass is 10.1. The van der Waals surface area contributed by atoms with E-state index in [2.05, 4.69) is 10.3 Å². The smallest absolute Gasteiger partial charge is 0.349 e. The van der Waals surface area contributed by atoms with Crippen LogP contribution in [0.4, 0.5) is 4.79 Å². The number of carbonyl (C=O) groups excluding carboxylic acids is 2. The monoisotopic (exact) mass is 435 g/mol. The number of carbonyl (C=O) groups is 2. The molecule has 0 aliphatic rings. The minimum Gasteiger partial charge on any atom is -0.427 e. The van der Waals surface area contributed by atoms with Crippen LogP contribution in [-0.2, 0) is 0 Å². The summed E-state index contributed by atoms with van der Waals surface area (Å²) in [6, 6.07) is 13.6. The Kier molecular flexibility index (Phi) is 6.04. The fourth-order valence-electron chi connectivity index (χ4n) is 2.39. The Balaban J connectivity index is 1.82. The first-order valence-electron chi connectivity index (χ1n) is 7.87. The molecule has 0 bridgehead atoms. The second kappa shape index (κ2) is 8.48. The maximum Gasteiger partial charge on any atom is 0.349 e. The van der Waals surface area contributed by atoms with E-state index in [1.807, 2.05) is 0 Å². The Morgan fingerprint density at radius 2 is 1.50 bits per heavy atom. The molecule has 2 aromatic carbocycles. The standard InChI is InChI=1S/C19H12Cl3N3O3/c20-13-7-4-11(5-8-13)12-6-9-16(25(28)10-12)23-19(27)24-18(26)17-14(21)2-1-3-15(17)22/h1-10,28H,(H,24,26,27). The molecule has 1 aromatic heterocycles. The van der Waals surface area contributed by atoms with Gasteiger partial charge in [-0.05, 0) is 42.0 Å². The van der Waals surface area contributed by atoms with Crippen LogP contribution in [0.5, 0.6) is 0 Å². The molecule has 0 saturated carbocycles. The summed E-state index contributed by atoms with van der Waals surface area (Å²) in [7, 11) is 0. The van der Waals surface area contributed by atoms with Crippen LogP contribution in [0.2, 0.25) is 15.1 Å². The maximum atomic E-state index is 12.2. The summed E-state index contributed by atoms with van der Waals surface area (Å²) in [6.07, 6.45) is 1.38. The van der Waals surface area contributed by atoms with Gasteiger partial charge in [-0.2, -0.15) is 9.72 Å². The number of aromatic nitrogens is 1. The van der Waals surface area contributed by atoms with Crippen molar-refractivity contribution in [1.82, 2.24) is 10.0 Å². The van der Waals surface area contributed by atoms with Crippen molar-refractivity contribution in [1.29, 1.82) is 0 Å². The zero-order valence-electron chi connectivity index (χ0n) is 14.1. The van der Waals surface area contributed by atoms with E-state index >= 15 is 0 Å². The lowest BCUT2D eigenvalue weighted by Crippen LogP contribution is -2.31. The average molecular weight is 437 g/mol. The van der Waals surface area contributed by atoms with Gasteiger partial charge in [-0.1, -0.05) is 53.0 Å². The van der Waals surface area contributed by atoms with Gasteiger partial charge in [0.1, 0.15) is 0 Å². The number of amides is 3. The van der Waals surface area contributed by atoms with Crippen molar-refractivity contribution in [2.24, 2.45) is 4.99 Å². The van der Waals surface area contributed by atoms with Gasteiger partial charge in [-0.3, -0.25) is 10.1 Å². The van der Waals surface area contributed by atoms with Crippen LogP contribution >= 0.6 is 34.8 Å². The van der Waals surface area contributed by atoms with E-state index in [9.17, 15) is 14.8 Å².